The van der Waals surface area contributed by atoms with Crippen molar-refractivity contribution in [1.29, 1.82) is 0 Å². The number of rotatable bonds is 3. The number of pyridine rings is 1. The summed E-state index contributed by atoms with van der Waals surface area (Å²) in [4.78, 5) is 9.01. The molecule has 1 fully saturated rings. The average molecular weight is 258 g/mol. The maximum Gasteiger partial charge on any atom is 0.114 e. The molecule has 4 nitrogen and oxygen atoms in total. The van der Waals surface area contributed by atoms with Gasteiger partial charge in [0.05, 0.1) is 11.7 Å². The Bertz CT molecular complexity index is 560. The molecule has 0 bridgehead atoms. The lowest BCUT2D eigenvalue weighted by atomic mass is 9.84. The Kier molecular flexibility index (Phi) is 3.51. The fraction of sp³-hybridized carbons (Fsp3) is 0.600. The molecular formula is C15H22N4. The van der Waals surface area contributed by atoms with E-state index in [1.54, 1.807) is 0 Å². The van der Waals surface area contributed by atoms with Crippen molar-refractivity contribution in [2.45, 2.75) is 57.5 Å². The van der Waals surface area contributed by atoms with E-state index in [0.717, 1.165) is 24.9 Å². The topological polar surface area (TPSA) is 56.7 Å². The van der Waals surface area contributed by atoms with Crippen LogP contribution in [0.1, 0.15) is 50.8 Å². The van der Waals surface area contributed by atoms with Gasteiger partial charge >= 0.3 is 0 Å². The number of hydrogen-bond donors (Lipinski definition) is 1. The third-order valence-electron chi connectivity index (χ3n) is 4.18. The second kappa shape index (κ2) is 5.29. The zero-order valence-corrected chi connectivity index (χ0v) is 11.5. The van der Waals surface area contributed by atoms with E-state index >= 15 is 0 Å². The van der Waals surface area contributed by atoms with Crippen LogP contribution in [0.2, 0.25) is 0 Å². The molecule has 2 aromatic rings. The normalized spacial score (nSPS) is 23.9. The Morgan fingerprint density at radius 2 is 2.21 bits per heavy atom. The van der Waals surface area contributed by atoms with E-state index in [9.17, 15) is 0 Å². The zero-order valence-electron chi connectivity index (χ0n) is 11.5. The van der Waals surface area contributed by atoms with Gasteiger partial charge in [-0.15, -0.1) is 0 Å². The molecule has 2 heterocycles. The van der Waals surface area contributed by atoms with Gasteiger partial charge in [0.15, 0.2) is 0 Å². The molecule has 2 atom stereocenters. The van der Waals surface area contributed by atoms with Crippen molar-refractivity contribution in [3.63, 3.8) is 0 Å². The highest BCUT2D eigenvalue weighted by atomic mass is 15.1. The van der Waals surface area contributed by atoms with Crippen molar-refractivity contribution in [3.05, 3.63) is 24.3 Å². The first-order valence-electron chi connectivity index (χ1n) is 7.37. The minimum absolute atomic E-state index is 0.258. The highest BCUT2D eigenvalue weighted by Crippen LogP contribution is 2.33. The van der Waals surface area contributed by atoms with E-state index < -0.39 is 0 Å². The van der Waals surface area contributed by atoms with E-state index in [-0.39, 0.29) is 6.04 Å². The molecule has 2 unspecified atom stereocenters. The second-order valence-corrected chi connectivity index (χ2v) is 5.54. The second-order valence-electron chi connectivity index (χ2n) is 5.54. The monoisotopic (exact) mass is 258 g/mol. The Labute approximate surface area is 114 Å². The van der Waals surface area contributed by atoms with Crippen molar-refractivity contribution in [3.8, 4) is 0 Å². The molecule has 4 heteroatoms. The molecule has 0 aromatic carbocycles. The van der Waals surface area contributed by atoms with E-state index in [0.29, 0.717) is 5.92 Å². The number of hydrogen-bond acceptors (Lipinski definition) is 3. The van der Waals surface area contributed by atoms with Gasteiger partial charge in [0, 0.05) is 24.7 Å². The van der Waals surface area contributed by atoms with Crippen LogP contribution in [0.5, 0.6) is 0 Å². The summed E-state index contributed by atoms with van der Waals surface area (Å²) in [5.74, 6) is 1.59. The highest BCUT2D eigenvalue weighted by molar-refractivity contribution is 5.74. The van der Waals surface area contributed by atoms with Crippen LogP contribution in [0.15, 0.2) is 18.5 Å². The molecule has 0 spiro atoms. The summed E-state index contributed by atoms with van der Waals surface area (Å²) in [6, 6.07) is 2.32. The number of aromatic nitrogens is 3. The molecule has 0 amide bonds. The molecule has 3 rings (SSSR count). The molecule has 2 N–H and O–H groups in total. The van der Waals surface area contributed by atoms with Crippen LogP contribution in [-0.2, 0) is 6.54 Å². The largest absolute Gasteiger partial charge is 0.328 e. The van der Waals surface area contributed by atoms with Crippen molar-refractivity contribution in [1.82, 2.24) is 14.5 Å². The summed E-state index contributed by atoms with van der Waals surface area (Å²) >= 11 is 0. The van der Waals surface area contributed by atoms with Gasteiger partial charge in [-0.3, -0.25) is 4.98 Å². The Balaban J connectivity index is 2.08. The SMILES string of the molecule is CCCn1c(C2CCCCC2N)nc2cnccc21. The number of nitrogens with two attached hydrogens (primary N) is 1. The molecule has 1 aliphatic carbocycles. The predicted molar refractivity (Wildman–Crippen MR) is 77.0 cm³/mol. The first-order valence-corrected chi connectivity index (χ1v) is 7.37. The first-order chi connectivity index (χ1) is 9.31. The van der Waals surface area contributed by atoms with Crippen LogP contribution in [0.3, 0.4) is 0 Å². The van der Waals surface area contributed by atoms with E-state index in [2.05, 4.69) is 22.5 Å². The van der Waals surface area contributed by atoms with Crippen LogP contribution in [0.25, 0.3) is 11.0 Å². The lowest BCUT2D eigenvalue weighted by Crippen LogP contribution is -2.33. The number of fused-ring (bicyclic) bond motifs is 1. The van der Waals surface area contributed by atoms with Crippen molar-refractivity contribution < 1.29 is 0 Å². The summed E-state index contributed by atoms with van der Waals surface area (Å²) in [5.41, 5.74) is 8.53. The molecule has 0 aliphatic heterocycles. The summed E-state index contributed by atoms with van der Waals surface area (Å²) in [6.07, 6.45) is 9.64. The smallest absolute Gasteiger partial charge is 0.114 e. The predicted octanol–water partition coefficient (Wildman–Crippen LogP) is 2.83. The van der Waals surface area contributed by atoms with E-state index in [1.165, 1.54) is 30.6 Å². The quantitative estimate of drug-likeness (QED) is 0.921. The van der Waals surface area contributed by atoms with Gasteiger partial charge in [0.2, 0.25) is 0 Å². The van der Waals surface area contributed by atoms with Crippen LogP contribution >= 0.6 is 0 Å². The Morgan fingerprint density at radius 3 is 3.00 bits per heavy atom. The highest BCUT2D eigenvalue weighted by Gasteiger charge is 2.28. The Morgan fingerprint density at radius 1 is 1.37 bits per heavy atom. The van der Waals surface area contributed by atoms with Gasteiger partial charge in [-0.2, -0.15) is 0 Å². The molecule has 0 radical (unpaired) electrons. The maximum atomic E-state index is 6.33. The third kappa shape index (κ3) is 2.25. The fourth-order valence-corrected chi connectivity index (χ4v) is 3.22. The van der Waals surface area contributed by atoms with Gasteiger partial charge in [0.25, 0.3) is 0 Å². The average Bonchev–Trinajstić information content (AvgIpc) is 2.79. The summed E-state index contributed by atoms with van der Waals surface area (Å²) in [5, 5.41) is 0. The van der Waals surface area contributed by atoms with Gasteiger partial charge in [-0.05, 0) is 25.3 Å². The number of aryl methyl sites for hydroxylation is 1. The molecule has 1 saturated carbocycles. The van der Waals surface area contributed by atoms with Crippen LogP contribution < -0.4 is 5.73 Å². The molecular weight excluding hydrogens is 236 g/mol. The standard InChI is InChI=1S/C15H22N4/c1-2-9-19-14-7-8-17-10-13(14)18-15(19)11-5-3-4-6-12(11)16/h7-8,10-12H,2-6,9,16H2,1H3. The Hall–Kier alpha value is -1.42. The fourth-order valence-electron chi connectivity index (χ4n) is 3.22. The molecule has 19 heavy (non-hydrogen) atoms. The van der Waals surface area contributed by atoms with E-state index in [1.807, 2.05) is 12.4 Å². The van der Waals surface area contributed by atoms with Crippen molar-refractivity contribution in [2.24, 2.45) is 5.73 Å². The third-order valence-corrected chi connectivity index (χ3v) is 4.18. The maximum absolute atomic E-state index is 6.33. The van der Waals surface area contributed by atoms with E-state index in [4.69, 9.17) is 10.7 Å². The number of imidazole rings is 1. The molecule has 2 aromatic heterocycles. The minimum atomic E-state index is 0.258. The van der Waals surface area contributed by atoms with Gasteiger partial charge in [-0.25, -0.2) is 4.98 Å². The lowest BCUT2D eigenvalue weighted by Gasteiger charge is -2.28. The lowest BCUT2D eigenvalue weighted by molar-refractivity contribution is 0.364. The number of nitrogens with zero attached hydrogens (tertiary/aromatic N) is 3. The summed E-state index contributed by atoms with van der Waals surface area (Å²) < 4.78 is 2.35. The van der Waals surface area contributed by atoms with Gasteiger partial charge < -0.3 is 10.3 Å². The van der Waals surface area contributed by atoms with Crippen molar-refractivity contribution in [2.75, 3.05) is 0 Å². The van der Waals surface area contributed by atoms with Crippen LogP contribution in [0, 0.1) is 0 Å². The molecule has 1 aliphatic rings. The molecule has 0 saturated heterocycles. The zero-order chi connectivity index (χ0) is 13.2. The summed E-state index contributed by atoms with van der Waals surface area (Å²) in [6.45, 7) is 3.22. The summed E-state index contributed by atoms with van der Waals surface area (Å²) in [7, 11) is 0. The van der Waals surface area contributed by atoms with Crippen LogP contribution in [-0.4, -0.2) is 20.6 Å². The van der Waals surface area contributed by atoms with Gasteiger partial charge in [-0.1, -0.05) is 19.8 Å². The minimum Gasteiger partial charge on any atom is -0.328 e. The first kappa shape index (κ1) is 12.6. The van der Waals surface area contributed by atoms with Gasteiger partial charge in [0.1, 0.15) is 11.3 Å². The van der Waals surface area contributed by atoms with Crippen molar-refractivity contribution >= 4 is 11.0 Å². The van der Waals surface area contributed by atoms with Crippen LogP contribution in [0.4, 0.5) is 0 Å². The molecule has 102 valence electrons.